The van der Waals surface area contributed by atoms with E-state index in [4.69, 9.17) is 13.6 Å². The lowest BCUT2D eigenvalue weighted by Crippen LogP contribution is -2.50. The fourth-order valence-electron chi connectivity index (χ4n) is 3.09. The van der Waals surface area contributed by atoms with E-state index in [1.165, 1.54) is 23.8 Å². The monoisotopic (exact) mass is 513 g/mol. The molecule has 1 saturated heterocycles. The zero-order chi connectivity index (χ0) is 26.3. The minimum atomic E-state index is -2.32. The lowest BCUT2D eigenvalue weighted by atomic mass is 10.1. The average molecular weight is 514 g/mol. The van der Waals surface area contributed by atoms with E-state index in [-0.39, 0.29) is 28.4 Å². The van der Waals surface area contributed by atoms with E-state index in [0.717, 1.165) is 0 Å². The molecule has 2 rings (SSSR count). The summed E-state index contributed by atoms with van der Waals surface area (Å²) < 4.78 is 20.5. The number of aromatic nitrogens is 2. The van der Waals surface area contributed by atoms with Crippen LogP contribution >= 0.6 is 0 Å². The van der Waals surface area contributed by atoms with E-state index in [9.17, 15) is 14.7 Å². The van der Waals surface area contributed by atoms with Gasteiger partial charge in [-0.3, -0.25) is 9.36 Å². The first-order valence-corrected chi connectivity index (χ1v) is 17.6. The molecule has 0 radical (unpaired) electrons. The molecule has 194 valence electrons. The first kappa shape index (κ1) is 28.9. The molecule has 1 aliphatic rings. The van der Waals surface area contributed by atoms with Crippen molar-refractivity contribution >= 4 is 28.4 Å². The first-order valence-electron chi connectivity index (χ1n) is 11.8. The van der Waals surface area contributed by atoms with Crippen molar-refractivity contribution in [3.8, 4) is 0 Å². The summed E-state index contributed by atoms with van der Waals surface area (Å²) in [7, 11) is -4.40. The molecule has 0 aromatic carbocycles. The maximum absolute atomic E-state index is 12.8. The molecule has 0 bridgehead atoms. The van der Waals surface area contributed by atoms with Gasteiger partial charge >= 0.3 is 5.69 Å². The molecule has 11 heteroatoms. The van der Waals surface area contributed by atoms with Crippen molar-refractivity contribution in [1.82, 2.24) is 9.55 Å². The summed E-state index contributed by atoms with van der Waals surface area (Å²) in [6, 6.07) is 1.53. The molecule has 0 spiro atoms. The number of ether oxygens (including phenoxy) is 1. The third-order valence-corrected chi connectivity index (χ3v) is 16.3. The summed E-state index contributed by atoms with van der Waals surface area (Å²) in [6.07, 6.45) is -1.76. The second-order valence-electron chi connectivity index (χ2n) is 12.2. The van der Waals surface area contributed by atoms with Gasteiger partial charge in [0.1, 0.15) is 24.1 Å². The van der Waals surface area contributed by atoms with E-state index in [1.807, 2.05) is 0 Å². The molecule has 0 aliphatic carbocycles. The molecular formula is C23H43N3O6Si2. The Kier molecular flexibility index (Phi) is 8.44. The van der Waals surface area contributed by atoms with Crippen LogP contribution in [-0.2, 0) is 18.4 Å². The molecule has 34 heavy (non-hydrogen) atoms. The topological polar surface area (TPSA) is 112 Å². The second kappa shape index (κ2) is 9.94. The number of carbonyl (C=O) groups is 1. The Morgan fingerprint density at radius 1 is 1.15 bits per heavy atom. The van der Waals surface area contributed by atoms with Gasteiger partial charge in [-0.05, 0) is 42.3 Å². The summed E-state index contributed by atoms with van der Waals surface area (Å²) in [5.74, 6) is -0.161. The zero-order valence-electron chi connectivity index (χ0n) is 22.6. The number of hydrogen-bond donors (Lipinski definition) is 2. The summed E-state index contributed by atoms with van der Waals surface area (Å²) in [4.78, 5) is 28.1. The number of hydrogen-bond acceptors (Lipinski definition) is 7. The summed E-state index contributed by atoms with van der Waals surface area (Å²) in [5.41, 5.74) is -0.599. The fourth-order valence-corrected chi connectivity index (χ4v) is 5.39. The molecule has 1 aromatic rings. The lowest BCUT2D eigenvalue weighted by Gasteiger charge is -2.40. The molecule has 0 saturated carbocycles. The van der Waals surface area contributed by atoms with Crippen molar-refractivity contribution < 1.29 is 23.5 Å². The van der Waals surface area contributed by atoms with Crippen molar-refractivity contribution in [1.29, 1.82) is 0 Å². The van der Waals surface area contributed by atoms with Crippen LogP contribution in [0.3, 0.4) is 0 Å². The number of carbonyl (C=O) groups excluding carboxylic acids is 1. The van der Waals surface area contributed by atoms with Gasteiger partial charge < -0.3 is 24.0 Å². The van der Waals surface area contributed by atoms with Gasteiger partial charge in [0.25, 0.3) is 0 Å². The predicted octanol–water partition coefficient (Wildman–Crippen LogP) is 3.87. The number of nitrogens with zero attached hydrogens (tertiary/aromatic N) is 2. The molecule has 1 aliphatic heterocycles. The summed E-state index contributed by atoms with van der Waals surface area (Å²) >= 11 is 0. The summed E-state index contributed by atoms with van der Waals surface area (Å²) in [5, 5.41) is 13.7. The van der Waals surface area contributed by atoms with Crippen molar-refractivity contribution in [3.05, 3.63) is 22.7 Å². The minimum absolute atomic E-state index is 0.00734. The first-order chi connectivity index (χ1) is 15.3. The number of rotatable bonds is 7. The van der Waals surface area contributed by atoms with Gasteiger partial charge in [0.05, 0.1) is 6.61 Å². The van der Waals surface area contributed by atoms with E-state index >= 15 is 0 Å². The second-order valence-corrected chi connectivity index (χ2v) is 21.7. The molecular weight excluding hydrogens is 470 g/mol. The van der Waals surface area contributed by atoms with Crippen LogP contribution in [0.1, 0.15) is 54.7 Å². The van der Waals surface area contributed by atoms with Crippen LogP contribution in [-0.4, -0.2) is 62.1 Å². The normalized spacial score (nSPS) is 24.4. The minimum Gasteiger partial charge on any atom is -0.414 e. The van der Waals surface area contributed by atoms with Crippen molar-refractivity contribution in [2.24, 2.45) is 0 Å². The largest absolute Gasteiger partial charge is 0.414 e. The van der Waals surface area contributed by atoms with Gasteiger partial charge in [0.2, 0.25) is 5.91 Å². The van der Waals surface area contributed by atoms with E-state index in [1.54, 1.807) is 0 Å². The van der Waals surface area contributed by atoms with E-state index in [2.05, 4.69) is 78.0 Å². The Balaban J connectivity index is 2.39. The van der Waals surface area contributed by atoms with Crippen molar-refractivity contribution in [2.75, 3.05) is 11.9 Å². The quantitative estimate of drug-likeness (QED) is 0.532. The van der Waals surface area contributed by atoms with Crippen LogP contribution < -0.4 is 11.0 Å². The highest BCUT2D eigenvalue weighted by Crippen LogP contribution is 2.42. The highest BCUT2D eigenvalue weighted by atomic mass is 28.4. The fraction of sp³-hybridized carbons (Fsp3) is 0.783. The van der Waals surface area contributed by atoms with Crippen LogP contribution in [0, 0.1) is 0 Å². The Hall–Kier alpha value is -1.38. The molecule has 1 amide bonds. The van der Waals surface area contributed by atoms with E-state index in [0.29, 0.717) is 0 Å². The van der Waals surface area contributed by atoms with Gasteiger partial charge in [0.15, 0.2) is 22.9 Å². The smallest absolute Gasteiger partial charge is 0.351 e. The van der Waals surface area contributed by atoms with Crippen molar-refractivity contribution in [3.63, 3.8) is 0 Å². The third kappa shape index (κ3) is 6.44. The molecule has 1 aromatic heterocycles. The SMILES string of the molecule is CC(=O)Nc1ccn([C@@H]2O[C@H](CO[Si](C)(C)C(C)(C)C)[C@@H](O)[C@H]2O[Si](C)(C)C(C)(C)C)c(=O)n1. The van der Waals surface area contributed by atoms with Crippen LogP contribution in [0.2, 0.25) is 36.3 Å². The van der Waals surface area contributed by atoms with Gasteiger partial charge in [0, 0.05) is 13.1 Å². The number of amides is 1. The van der Waals surface area contributed by atoms with E-state index < -0.39 is 46.9 Å². The van der Waals surface area contributed by atoms with Crippen LogP contribution in [0.4, 0.5) is 5.82 Å². The number of aliphatic hydroxyl groups is 1. The number of aliphatic hydroxyl groups excluding tert-OH is 1. The van der Waals surface area contributed by atoms with Gasteiger partial charge in [-0.1, -0.05) is 41.5 Å². The zero-order valence-corrected chi connectivity index (χ0v) is 24.6. The Morgan fingerprint density at radius 2 is 1.71 bits per heavy atom. The predicted molar refractivity (Wildman–Crippen MR) is 138 cm³/mol. The molecule has 9 nitrogen and oxygen atoms in total. The molecule has 4 atom stereocenters. The van der Waals surface area contributed by atoms with Gasteiger partial charge in [-0.15, -0.1) is 0 Å². The number of nitrogens with one attached hydrogen (secondary N) is 1. The van der Waals surface area contributed by atoms with Crippen molar-refractivity contribution in [2.45, 2.75) is 109 Å². The number of anilines is 1. The maximum Gasteiger partial charge on any atom is 0.351 e. The third-order valence-electron chi connectivity index (χ3n) is 7.37. The standard InChI is InChI=1S/C23H43N3O6Si2/c1-15(27)24-17-12-13-26(21(29)25-17)20-19(32-34(10,11)23(5,6)7)18(28)16(31-20)14-30-33(8,9)22(2,3)4/h12-13,16,18-20,28H,14H2,1-11H3,(H,24,25,27,29)/t16-,18-,19-,20-/m1/s1. The molecule has 2 N–H and O–H groups in total. The van der Waals surface area contributed by atoms with Crippen LogP contribution in [0.25, 0.3) is 0 Å². The van der Waals surface area contributed by atoms with Gasteiger partial charge in [-0.2, -0.15) is 4.98 Å². The van der Waals surface area contributed by atoms with Crippen LogP contribution in [0.5, 0.6) is 0 Å². The van der Waals surface area contributed by atoms with Gasteiger partial charge in [-0.25, -0.2) is 4.79 Å². The van der Waals surface area contributed by atoms with Crippen LogP contribution in [0.15, 0.2) is 17.1 Å². The Morgan fingerprint density at radius 3 is 2.18 bits per heavy atom. The maximum atomic E-state index is 12.8. The average Bonchev–Trinajstić information content (AvgIpc) is 2.93. The molecule has 1 fully saturated rings. The Bertz CT molecular complexity index is 936. The summed E-state index contributed by atoms with van der Waals surface area (Å²) in [6.45, 7) is 22.8. The highest BCUT2D eigenvalue weighted by molar-refractivity contribution is 6.74. The Labute approximate surface area is 205 Å². The molecule has 0 unspecified atom stereocenters. The molecule has 2 heterocycles. The highest BCUT2D eigenvalue weighted by Gasteiger charge is 2.51. The lowest BCUT2D eigenvalue weighted by molar-refractivity contribution is -0.114.